The van der Waals surface area contributed by atoms with Gasteiger partial charge in [0.25, 0.3) is 5.91 Å². The van der Waals surface area contributed by atoms with E-state index in [-0.39, 0.29) is 11.8 Å². The van der Waals surface area contributed by atoms with Crippen LogP contribution in [0, 0.1) is 5.92 Å². The van der Waals surface area contributed by atoms with Crippen molar-refractivity contribution in [1.82, 2.24) is 15.2 Å². The fraction of sp³-hybridized carbons (Fsp3) is 0.483. The molecular weight excluding hydrogens is 454 g/mol. The summed E-state index contributed by atoms with van der Waals surface area (Å²) in [5.41, 5.74) is 3.21. The maximum atomic E-state index is 13.1. The Morgan fingerprint density at radius 2 is 1.86 bits per heavy atom. The molecular formula is C29H35N3O4. The maximum absolute atomic E-state index is 13.1. The molecule has 1 aliphatic carbocycles. The van der Waals surface area contributed by atoms with Crippen molar-refractivity contribution in [2.45, 2.75) is 64.3 Å². The first-order chi connectivity index (χ1) is 17.6. The topological polar surface area (TPSA) is 84.7 Å². The molecule has 2 aromatic carbocycles. The van der Waals surface area contributed by atoms with Crippen LogP contribution in [0.5, 0.6) is 5.75 Å². The maximum Gasteiger partial charge on any atom is 0.253 e. The summed E-state index contributed by atoms with van der Waals surface area (Å²) < 4.78 is 11.5. The second-order valence-electron chi connectivity index (χ2n) is 10.1. The van der Waals surface area contributed by atoms with Crippen molar-refractivity contribution in [3.05, 3.63) is 59.5 Å². The summed E-state index contributed by atoms with van der Waals surface area (Å²) in [6, 6.07) is 13.4. The predicted octanol–water partition coefficient (Wildman–Crippen LogP) is 5.44. The number of hydrogen-bond donors (Lipinski definition) is 1. The molecule has 0 bridgehead atoms. The lowest BCUT2D eigenvalue weighted by Crippen LogP contribution is -2.39. The number of hydrogen-bond acceptors (Lipinski definition) is 5. The number of nitrogens with one attached hydrogen (secondary N) is 1. The van der Waals surface area contributed by atoms with E-state index in [9.17, 15) is 9.59 Å². The molecule has 7 heteroatoms. The van der Waals surface area contributed by atoms with Crippen LogP contribution in [0.1, 0.15) is 79.6 Å². The van der Waals surface area contributed by atoms with Crippen molar-refractivity contribution >= 4 is 22.9 Å². The van der Waals surface area contributed by atoms with Gasteiger partial charge in [-0.2, -0.15) is 0 Å². The van der Waals surface area contributed by atoms with Crippen LogP contribution >= 0.6 is 0 Å². The molecule has 3 aromatic rings. The van der Waals surface area contributed by atoms with Crippen molar-refractivity contribution in [3.8, 4) is 5.75 Å². The van der Waals surface area contributed by atoms with Crippen LogP contribution in [-0.4, -0.2) is 41.4 Å². The number of likely N-dealkylation sites (tertiary alicyclic amines) is 1. The minimum Gasteiger partial charge on any atom is -0.494 e. The summed E-state index contributed by atoms with van der Waals surface area (Å²) in [5.74, 6) is 2.49. The van der Waals surface area contributed by atoms with E-state index in [2.05, 4.69) is 17.2 Å². The number of nitrogens with zero attached hydrogens (tertiary/aromatic N) is 2. The number of unbranched alkanes of at least 4 members (excludes halogenated alkanes) is 1. The monoisotopic (exact) mass is 489 g/mol. The first-order valence-corrected chi connectivity index (χ1v) is 13.3. The average Bonchev–Trinajstić information content (AvgIpc) is 3.67. The smallest absolute Gasteiger partial charge is 0.253 e. The summed E-state index contributed by atoms with van der Waals surface area (Å²) in [4.78, 5) is 32.0. The van der Waals surface area contributed by atoms with E-state index in [1.165, 1.54) is 0 Å². The Morgan fingerprint density at radius 3 is 2.58 bits per heavy atom. The number of aromatic nitrogens is 1. The fourth-order valence-corrected chi connectivity index (χ4v) is 4.68. The highest BCUT2D eigenvalue weighted by Gasteiger charge is 2.29. The summed E-state index contributed by atoms with van der Waals surface area (Å²) >= 11 is 0. The molecule has 0 radical (unpaired) electrons. The van der Waals surface area contributed by atoms with Crippen LogP contribution in [0.2, 0.25) is 0 Å². The van der Waals surface area contributed by atoms with E-state index in [0.717, 1.165) is 73.4 Å². The zero-order chi connectivity index (χ0) is 24.9. The van der Waals surface area contributed by atoms with E-state index in [1.807, 2.05) is 47.4 Å². The molecule has 0 spiro atoms. The van der Waals surface area contributed by atoms with Gasteiger partial charge in [-0.05, 0) is 73.9 Å². The molecule has 0 unspecified atom stereocenters. The number of carbonyl (C=O) groups is 2. The molecule has 1 aromatic heterocycles. The molecule has 2 heterocycles. The lowest BCUT2D eigenvalue weighted by molar-refractivity contribution is -0.122. The molecule has 1 aliphatic heterocycles. The lowest BCUT2D eigenvalue weighted by atomic mass is 9.92. The van der Waals surface area contributed by atoms with Crippen LogP contribution in [0.15, 0.2) is 46.9 Å². The highest BCUT2D eigenvalue weighted by atomic mass is 16.5. The van der Waals surface area contributed by atoms with E-state index in [0.29, 0.717) is 43.5 Å². The minimum atomic E-state index is 0.0258. The van der Waals surface area contributed by atoms with Crippen molar-refractivity contribution in [1.29, 1.82) is 0 Å². The largest absolute Gasteiger partial charge is 0.494 e. The Balaban J connectivity index is 1.05. The number of ether oxygens (including phenoxy) is 1. The standard InChI is InChI=1S/C29H35N3O4/c1-2-3-16-35-24-9-4-21(5-10-24)19-30-27(33)17-20-12-14-32(15-13-20)29(34)23-8-11-26-25(18-23)31-28(36-26)22-6-7-22/h4-5,8-11,18,20,22H,2-3,6-7,12-17,19H2,1H3,(H,30,33). The second kappa shape index (κ2) is 11.1. The molecule has 5 rings (SSSR count). The Bertz CT molecular complexity index is 1190. The summed E-state index contributed by atoms with van der Waals surface area (Å²) in [6.45, 7) is 4.72. The van der Waals surface area contributed by atoms with Crippen LogP contribution in [0.25, 0.3) is 11.1 Å². The third kappa shape index (κ3) is 6.07. The normalized spacial score (nSPS) is 16.3. The molecule has 1 saturated carbocycles. The van der Waals surface area contributed by atoms with Gasteiger partial charge in [0.1, 0.15) is 11.3 Å². The van der Waals surface area contributed by atoms with Crippen LogP contribution < -0.4 is 10.1 Å². The highest BCUT2D eigenvalue weighted by Crippen LogP contribution is 2.40. The van der Waals surface area contributed by atoms with E-state index in [1.54, 1.807) is 0 Å². The summed E-state index contributed by atoms with van der Waals surface area (Å²) in [7, 11) is 0. The predicted molar refractivity (Wildman–Crippen MR) is 138 cm³/mol. The Morgan fingerprint density at radius 1 is 1.08 bits per heavy atom. The Labute approximate surface area is 212 Å². The zero-order valence-corrected chi connectivity index (χ0v) is 21.0. The summed E-state index contributed by atoms with van der Waals surface area (Å²) in [5, 5.41) is 3.03. The third-order valence-corrected chi connectivity index (χ3v) is 7.13. The van der Waals surface area contributed by atoms with Gasteiger partial charge in [-0.15, -0.1) is 0 Å². The van der Waals surface area contributed by atoms with Gasteiger partial charge in [-0.25, -0.2) is 4.98 Å². The van der Waals surface area contributed by atoms with Gasteiger partial charge in [-0.1, -0.05) is 25.5 Å². The molecule has 1 saturated heterocycles. The number of piperidine rings is 1. The van der Waals surface area contributed by atoms with Gasteiger partial charge in [-0.3, -0.25) is 9.59 Å². The molecule has 2 fully saturated rings. The number of fused-ring (bicyclic) bond motifs is 1. The molecule has 0 atom stereocenters. The van der Waals surface area contributed by atoms with Crippen LogP contribution in [0.3, 0.4) is 0 Å². The van der Waals surface area contributed by atoms with Gasteiger partial charge < -0.3 is 19.4 Å². The van der Waals surface area contributed by atoms with Crippen LogP contribution in [0.4, 0.5) is 0 Å². The van der Waals surface area contributed by atoms with Crippen molar-refractivity contribution in [3.63, 3.8) is 0 Å². The first-order valence-electron chi connectivity index (χ1n) is 13.3. The Kier molecular flexibility index (Phi) is 7.54. The number of carbonyl (C=O) groups excluding carboxylic acids is 2. The highest BCUT2D eigenvalue weighted by molar-refractivity contribution is 5.97. The van der Waals surface area contributed by atoms with Gasteiger partial charge in [0.2, 0.25) is 5.91 Å². The lowest BCUT2D eigenvalue weighted by Gasteiger charge is -2.31. The molecule has 1 N–H and O–H groups in total. The second-order valence-corrected chi connectivity index (χ2v) is 10.1. The average molecular weight is 490 g/mol. The molecule has 2 aliphatic rings. The summed E-state index contributed by atoms with van der Waals surface area (Å²) in [6.07, 6.45) is 6.59. The van der Waals surface area contributed by atoms with Crippen molar-refractivity contribution < 1.29 is 18.7 Å². The van der Waals surface area contributed by atoms with Crippen LogP contribution in [-0.2, 0) is 11.3 Å². The number of oxazole rings is 1. The number of benzene rings is 2. The van der Waals surface area contributed by atoms with Gasteiger partial charge >= 0.3 is 0 Å². The Hall–Kier alpha value is -3.35. The molecule has 2 amide bonds. The molecule has 36 heavy (non-hydrogen) atoms. The third-order valence-electron chi connectivity index (χ3n) is 7.13. The minimum absolute atomic E-state index is 0.0258. The van der Waals surface area contributed by atoms with Crippen molar-refractivity contribution in [2.75, 3.05) is 19.7 Å². The van der Waals surface area contributed by atoms with Gasteiger partial charge in [0.05, 0.1) is 6.61 Å². The fourth-order valence-electron chi connectivity index (χ4n) is 4.68. The van der Waals surface area contributed by atoms with Crippen molar-refractivity contribution in [2.24, 2.45) is 5.92 Å². The number of rotatable bonds is 10. The van der Waals surface area contributed by atoms with E-state index >= 15 is 0 Å². The molecule has 190 valence electrons. The van der Waals surface area contributed by atoms with E-state index in [4.69, 9.17) is 9.15 Å². The van der Waals surface area contributed by atoms with Gasteiger partial charge in [0, 0.05) is 37.5 Å². The molecule has 7 nitrogen and oxygen atoms in total. The van der Waals surface area contributed by atoms with Gasteiger partial charge in [0.15, 0.2) is 11.5 Å². The SMILES string of the molecule is CCCCOc1ccc(CNC(=O)CC2CCN(C(=O)c3ccc4oc(C5CC5)nc4c3)CC2)cc1. The number of amides is 2. The van der Waals surface area contributed by atoms with E-state index < -0.39 is 0 Å². The first kappa shape index (κ1) is 24.3. The quantitative estimate of drug-likeness (QED) is 0.383. The zero-order valence-electron chi connectivity index (χ0n) is 21.0.